The van der Waals surface area contributed by atoms with Gasteiger partial charge in [-0.3, -0.25) is 10.1 Å². The van der Waals surface area contributed by atoms with Gasteiger partial charge in [-0.05, 0) is 25.0 Å². The lowest BCUT2D eigenvalue weighted by Gasteiger charge is -2.14. The number of rotatable bonds is 7. The zero-order valence-corrected chi connectivity index (χ0v) is 12.9. The van der Waals surface area contributed by atoms with Crippen molar-refractivity contribution in [2.45, 2.75) is 18.9 Å². The highest BCUT2D eigenvalue weighted by Crippen LogP contribution is 2.37. The van der Waals surface area contributed by atoms with Crippen molar-refractivity contribution < 1.29 is 19.4 Å². The van der Waals surface area contributed by atoms with Gasteiger partial charge >= 0.3 is 5.97 Å². The minimum absolute atomic E-state index is 0.0679. The van der Waals surface area contributed by atoms with Crippen molar-refractivity contribution in [3.63, 3.8) is 0 Å². The number of carboxylic acids is 1. The van der Waals surface area contributed by atoms with E-state index in [9.17, 15) is 19.1 Å². The number of aliphatic hydroxyl groups excluding tert-OH is 1. The highest BCUT2D eigenvalue weighted by atomic mass is 19.1. The van der Waals surface area contributed by atoms with Crippen molar-refractivity contribution >= 4 is 22.6 Å². The van der Waals surface area contributed by atoms with E-state index in [0.29, 0.717) is 18.6 Å². The molecule has 0 atom stereocenters. The monoisotopic (exact) mass is 335 g/mol. The summed E-state index contributed by atoms with van der Waals surface area (Å²) < 4.78 is 16.0. The van der Waals surface area contributed by atoms with E-state index in [2.05, 4.69) is 10.6 Å². The molecule has 3 rings (SSSR count). The van der Waals surface area contributed by atoms with E-state index in [-0.39, 0.29) is 29.4 Å². The van der Waals surface area contributed by atoms with Crippen molar-refractivity contribution in [3.8, 4) is 0 Å². The second-order valence-corrected chi connectivity index (χ2v) is 5.75. The van der Waals surface area contributed by atoms with E-state index in [0.717, 1.165) is 18.9 Å². The number of nitrogens with zero attached hydrogens (tertiary/aromatic N) is 1. The van der Waals surface area contributed by atoms with Crippen molar-refractivity contribution in [2.24, 2.45) is 0 Å². The number of pyridine rings is 1. The molecule has 128 valence electrons. The van der Waals surface area contributed by atoms with Crippen LogP contribution in [0.5, 0.6) is 0 Å². The van der Waals surface area contributed by atoms with Crippen molar-refractivity contribution in [1.82, 2.24) is 9.88 Å². The Morgan fingerprint density at radius 1 is 1.33 bits per heavy atom. The predicted octanol–water partition coefficient (Wildman–Crippen LogP) is 1.12. The molecule has 1 heterocycles. The molecule has 0 bridgehead atoms. The van der Waals surface area contributed by atoms with Gasteiger partial charge in [-0.15, -0.1) is 0 Å². The standard InChI is InChI=1S/C16H18FN3O4/c17-12-5-10-14(6-13(12)19-4-3-18-8-21)20(9-1-2-9)7-11(15(10)22)16(23)24/h5-7,9,18-19,21H,1-4,8H2,(H,23,24). The molecule has 1 saturated carbocycles. The molecule has 0 radical (unpaired) electrons. The molecule has 1 aromatic carbocycles. The van der Waals surface area contributed by atoms with E-state index in [1.165, 1.54) is 12.3 Å². The number of fused-ring (bicyclic) bond motifs is 1. The zero-order valence-electron chi connectivity index (χ0n) is 12.9. The normalized spacial score (nSPS) is 14.1. The van der Waals surface area contributed by atoms with Crippen LogP contribution in [-0.4, -0.2) is 40.6 Å². The van der Waals surface area contributed by atoms with E-state index in [4.69, 9.17) is 5.11 Å². The number of carboxylic acid groups (broad SMARTS) is 1. The summed E-state index contributed by atoms with van der Waals surface area (Å²) in [6.45, 7) is 0.673. The van der Waals surface area contributed by atoms with E-state index in [1.54, 1.807) is 4.57 Å². The first kappa shape index (κ1) is 16.4. The van der Waals surface area contributed by atoms with Gasteiger partial charge < -0.3 is 20.1 Å². The van der Waals surface area contributed by atoms with Crippen LogP contribution >= 0.6 is 0 Å². The van der Waals surface area contributed by atoms with Gasteiger partial charge in [0.1, 0.15) is 11.4 Å². The van der Waals surface area contributed by atoms with Crippen molar-refractivity contribution in [1.29, 1.82) is 0 Å². The topological polar surface area (TPSA) is 104 Å². The van der Waals surface area contributed by atoms with Crippen LogP contribution in [0.1, 0.15) is 29.2 Å². The SMILES string of the molecule is O=C(O)c1cn(C2CC2)c2cc(NCCNCO)c(F)cc2c1=O. The van der Waals surface area contributed by atoms with Gasteiger partial charge in [-0.25, -0.2) is 9.18 Å². The maximum absolute atomic E-state index is 14.3. The number of anilines is 1. The van der Waals surface area contributed by atoms with Gasteiger partial charge in [-0.2, -0.15) is 0 Å². The second kappa shape index (κ2) is 6.58. The van der Waals surface area contributed by atoms with E-state index >= 15 is 0 Å². The Hall–Kier alpha value is -2.45. The van der Waals surface area contributed by atoms with Crippen LogP contribution in [0.4, 0.5) is 10.1 Å². The molecule has 4 N–H and O–H groups in total. The Labute approximate surface area is 136 Å². The van der Waals surface area contributed by atoms with Gasteiger partial charge in [0.25, 0.3) is 0 Å². The molecule has 0 amide bonds. The maximum atomic E-state index is 14.3. The minimum atomic E-state index is -1.31. The number of benzene rings is 1. The number of hydrogen-bond donors (Lipinski definition) is 4. The molecule has 0 spiro atoms. The summed E-state index contributed by atoms with van der Waals surface area (Å²) in [5, 5.41) is 23.5. The smallest absolute Gasteiger partial charge is 0.341 e. The molecule has 1 aliphatic carbocycles. The Balaban J connectivity index is 2.07. The molecule has 24 heavy (non-hydrogen) atoms. The van der Waals surface area contributed by atoms with Crippen LogP contribution < -0.4 is 16.1 Å². The average Bonchev–Trinajstić information content (AvgIpc) is 3.37. The number of aliphatic hydroxyl groups is 1. The summed E-state index contributed by atoms with van der Waals surface area (Å²) in [6.07, 6.45) is 3.15. The Morgan fingerprint density at radius 3 is 2.71 bits per heavy atom. The third-order valence-corrected chi connectivity index (χ3v) is 4.02. The Bertz CT molecular complexity index is 845. The lowest BCUT2D eigenvalue weighted by molar-refractivity contribution is 0.0695. The lowest BCUT2D eigenvalue weighted by atomic mass is 10.1. The zero-order chi connectivity index (χ0) is 17.3. The second-order valence-electron chi connectivity index (χ2n) is 5.75. The van der Waals surface area contributed by atoms with Crippen LogP contribution in [0, 0.1) is 5.82 Å². The van der Waals surface area contributed by atoms with Gasteiger partial charge in [-0.1, -0.05) is 0 Å². The summed E-state index contributed by atoms with van der Waals surface area (Å²) in [7, 11) is 0. The fraction of sp³-hybridized carbons (Fsp3) is 0.375. The predicted molar refractivity (Wildman–Crippen MR) is 87.0 cm³/mol. The molecular weight excluding hydrogens is 317 g/mol. The fourth-order valence-electron chi connectivity index (χ4n) is 2.68. The Kier molecular flexibility index (Phi) is 4.50. The molecule has 2 aromatic rings. The third kappa shape index (κ3) is 3.10. The first-order valence-corrected chi connectivity index (χ1v) is 7.70. The molecule has 7 nitrogen and oxygen atoms in total. The molecule has 1 fully saturated rings. The summed E-state index contributed by atoms with van der Waals surface area (Å²) in [5.74, 6) is -1.93. The largest absolute Gasteiger partial charge is 0.477 e. The summed E-state index contributed by atoms with van der Waals surface area (Å²) >= 11 is 0. The van der Waals surface area contributed by atoms with Crippen LogP contribution in [0.3, 0.4) is 0 Å². The molecule has 1 aliphatic rings. The van der Waals surface area contributed by atoms with Crippen molar-refractivity contribution in [2.75, 3.05) is 25.1 Å². The number of aromatic carboxylic acids is 1. The number of halogens is 1. The molecular formula is C16H18FN3O4. The first-order chi connectivity index (χ1) is 11.5. The fourth-order valence-corrected chi connectivity index (χ4v) is 2.68. The first-order valence-electron chi connectivity index (χ1n) is 7.70. The molecule has 8 heteroatoms. The Morgan fingerprint density at radius 2 is 2.08 bits per heavy atom. The van der Waals surface area contributed by atoms with Gasteiger partial charge in [0.05, 0.1) is 17.9 Å². The van der Waals surface area contributed by atoms with Crippen LogP contribution in [0.15, 0.2) is 23.1 Å². The highest BCUT2D eigenvalue weighted by Gasteiger charge is 2.27. The lowest BCUT2D eigenvalue weighted by Crippen LogP contribution is -2.23. The maximum Gasteiger partial charge on any atom is 0.341 e. The van der Waals surface area contributed by atoms with Gasteiger partial charge in [0, 0.05) is 30.7 Å². The number of nitrogens with one attached hydrogen (secondary N) is 2. The molecule has 1 aromatic heterocycles. The average molecular weight is 335 g/mol. The number of carbonyl (C=O) groups is 1. The number of aromatic nitrogens is 1. The number of hydrogen-bond acceptors (Lipinski definition) is 5. The highest BCUT2D eigenvalue weighted by molar-refractivity contribution is 5.93. The molecule has 0 unspecified atom stereocenters. The van der Waals surface area contributed by atoms with Gasteiger partial charge in [0.15, 0.2) is 0 Å². The van der Waals surface area contributed by atoms with Crippen LogP contribution in [-0.2, 0) is 0 Å². The minimum Gasteiger partial charge on any atom is -0.477 e. The summed E-state index contributed by atoms with van der Waals surface area (Å²) in [6, 6.07) is 2.76. The van der Waals surface area contributed by atoms with E-state index < -0.39 is 17.2 Å². The van der Waals surface area contributed by atoms with Crippen molar-refractivity contribution in [3.05, 3.63) is 39.9 Å². The summed E-state index contributed by atoms with van der Waals surface area (Å²) in [4.78, 5) is 23.6. The van der Waals surface area contributed by atoms with Gasteiger partial charge in [0.2, 0.25) is 5.43 Å². The van der Waals surface area contributed by atoms with E-state index in [1.807, 2.05) is 0 Å². The quantitative estimate of drug-likeness (QED) is 0.447. The van der Waals surface area contributed by atoms with Crippen LogP contribution in [0.2, 0.25) is 0 Å². The van der Waals surface area contributed by atoms with Crippen LogP contribution in [0.25, 0.3) is 10.9 Å². The molecule has 0 saturated heterocycles. The third-order valence-electron chi connectivity index (χ3n) is 4.02. The summed E-state index contributed by atoms with van der Waals surface area (Å²) in [5.41, 5.74) is -0.269. The molecule has 0 aliphatic heterocycles.